The summed E-state index contributed by atoms with van der Waals surface area (Å²) in [6.45, 7) is 7.04. The van der Waals surface area contributed by atoms with Crippen LogP contribution < -0.4 is 22.1 Å². The zero-order chi connectivity index (χ0) is 29.9. The fourth-order valence-corrected chi connectivity index (χ4v) is 6.08. The highest BCUT2D eigenvalue weighted by Crippen LogP contribution is 2.33. The van der Waals surface area contributed by atoms with E-state index in [9.17, 15) is 14.4 Å². The Bertz CT molecular complexity index is 1280. The van der Waals surface area contributed by atoms with Crippen LogP contribution in [0.1, 0.15) is 57.9 Å². The Morgan fingerprint density at radius 2 is 1.62 bits per heavy atom. The van der Waals surface area contributed by atoms with Crippen molar-refractivity contribution in [2.75, 3.05) is 45.1 Å². The first-order valence-corrected chi connectivity index (χ1v) is 15.3. The van der Waals surface area contributed by atoms with Crippen LogP contribution in [0.3, 0.4) is 0 Å². The molecule has 3 amide bonds. The molecule has 1 aromatic carbocycles. The van der Waals surface area contributed by atoms with Gasteiger partial charge in [-0.05, 0) is 89.1 Å². The summed E-state index contributed by atoms with van der Waals surface area (Å²) in [5.41, 5.74) is 6.51. The van der Waals surface area contributed by atoms with Crippen LogP contribution in [-0.2, 0) is 11.3 Å². The highest BCUT2D eigenvalue weighted by molar-refractivity contribution is 5.89. The molecule has 4 N–H and O–H groups in total. The summed E-state index contributed by atoms with van der Waals surface area (Å²) in [7, 11) is 2.07. The molecule has 0 radical (unpaired) electrons. The van der Waals surface area contributed by atoms with Crippen molar-refractivity contribution in [3.05, 3.63) is 52.6 Å². The second-order valence-electron chi connectivity index (χ2n) is 12.7. The third kappa shape index (κ3) is 7.56. The molecule has 11 nitrogen and oxygen atoms in total. The number of carbonyl (C=O) groups excluding carboxylic acids is 2. The molecule has 2 heterocycles. The van der Waals surface area contributed by atoms with Gasteiger partial charge in [0, 0.05) is 57.5 Å². The Kier molecular flexibility index (Phi) is 9.29. The van der Waals surface area contributed by atoms with E-state index in [1.165, 1.54) is 55.2 Å². The quantitative estimate of drug-likeness (QED) is 0.417. The lowest BCUT2D eigenvalue weighted by atomic mass is 9.90. The standard InChI is InChI=1S/C31H46N8O3/c1-31(2,32)28(40)36-16-18-37(19-17-36)29(41)34-27-14-15-39(30(42)35-27)26-10-6-23(7-11-26)21-38(20-22-4-5-22)25-12-8-24(33-3)9-13-25/h6-7,10-11,14-15,22,24-25,33H,4-5,8-9,12-13,16-21,32H2,1-3H3,(H,34,35,41,42). The van der Waals surface area contributed by atoms with E-state index in [0.29, 0.717) is 38.3 Å². The van der Waals surface area contributed by atoms with Gasteiger partial charge in [-0.3, -0.25) is 19.6 Å². The van der Waals surface area contributed by atoms with Crippen molar-refractivity contribution in [2.45, 2.75) is 76.5 Å². The van der Waals surface area contributed by atoms with Crippen LogP contribution in [0, 0.1) is 5.92 Å². The lowest BCUT2D eigenvalue weighted by Crippen LogP contribution is -2.58. The molecule has 3 fully saturated rings. The van der Waals surface area contributed by atoms with Crippen LogP contribution in [0.5, 0.6) is 0 Å². The van der Waals surface area contributed by atoms with E-state index in [4.69, 9.17) is 5.73 Å². The highest BCUT2D eigenvalue weighted by Gasteiger charge is 2.32. The number of hydrogen-bond donors (Lipinski definition) is 3. The third-order valence-electron chi connectivity index (χ3n) is 8.86. The van der Waals surface area contributed by atoms with E-state index in [0.717, 1.165) is 18.2 Å². The van der Waals surface area contributed by atoms with Crippen LogP contribution >= 0.6 is 0 Å². The minimum atomic E-state index is -0.944. The average molecular weight is 579 g/mol. The highest BCUT2D eigenvalue weighted by atomic mass is 16.2. The summed E-state index contributed by atoms with van der Waals surface area (Å²) in [5, 5.41) is 6.16. The van der Waals surface area contributed by atoms with Crippen LogP contribution in [0.2, 0.25) is 0 Å². The molecule has 2 saturated carbocycles. The fraction of sp³-hybridized carbons (Fsp3) is 0.613. The van der Waals surface area contributed by atoms with Crippen LogP contribution in [0.4, 0.5) is 10.6 Å². The van der Waals surface area contributed by atoms with E-state index in [1.807, 2.05) is 12.1 Å². The number of benzene rings is 1. The first-order valence-electron chi connectivity index (χ1n) is 15.3. The van der Waals surface area contributed by atoms with Gasteiger partial charge in [-0.2, -0.15) is 4.98 Å². The summed E-state index contributed by atoms with van der Waals surface area (Å²) in [4.78, 5) is 48.1. The van der Waals surface area contributed by atoms with E-state index in [2.05, 4.69) is 39.7 Å². The lowest BCUT2D eigenvalue weighted by Gasteiger charge is -2.37. The fourth-order valence-electron chi connectivity index (χ4n) is 6.08. The topological polar surface area (TPSA) is 129 Å². The van der Waals surface area contributed by atoms with Crippen molar-refractivity contribution in [1.29, 1.82) is 0 Å². The predicted molar refractivity (Wildman–Crippen MR) is 164 cm³/mol. The molecule has 1 aromatic heterocycles. The van der Waals surface area contributed by atoms with Gasteiger partial charge < -0.3 is 20.9 Å². The summed E-state index contributed by atoms with van der Waals surface area (Å²) in [5.74, 6) is 0.902. The molecule has 2 aliphatic carbocycles. The Balaban J connectivity index is 1.16. The summed E-state index contributed by atoms with van der Waals surface area (Å²) in [6.07, 6.45) is 9.28. The van der Waals surface area contributed by atoms with Gasteiger partial charge in [0.25, 0.3) is 0 Å². The van der Waals surface area contributed by atoms with Gasteiger partial charge in [-0.25, -0.2) is 9.59 Å². The Morgan fingerprint density at radius 1 is 0.976 bits per heavy atom. The first-order chi connectivity index (χ1) is 20.1. The van der Waals surface area contributed by atoms with Crippen molar-refractivity contribution in [1.82, 2.24) is 29.6 Å². The molecule has 0 bridgehead atoms. The number of amides is 3. The first kappa shape index (κ1) is 30.2. The van der Waals surface area contributed by atoms with Crippen LogP contribution in [0.15, 0.2) is 41.3 Å². The number of aromatic nitrogens is 2. The van der Waals surface area contributed by atoms with Crippen molar-refractivity contribution in [2.24, 2.45) is 11.7 Å². The molecule has 228 valence electrons. The molecule has 3 aliphatic rings. The Hall–Kier alpha value is -3.28. The largest absolute Gasteiger partial charge is 0.354 e. The minimum absolute atomic E-state index is 0.136. The summed E-state index contributed by atoms with van der Waals surface area (Å²) in [6, 6.07) is 10.7. The zero-order valence-electron chi connectivity index (χ0n) is 25.2. The van der Waals surface area contributed by atoms with Crippen LogP contribution in [0.25, 0.3) is 5.69 Å². The number of nitrogens with two attached hydrogens (primary N) is 1. The molecule has 42 heavy (non-hydrogen) atoms. The maximum absolute atomic E-state index is 12.9. The van der Waals surface area contributed by atoms with Crippen LogP contribution in [-0.4, -0.2) is 93.6 Å². The second kappa shape index (κ2) is 12.9. The van der Waals surface area contributed by atoms with E-state index in [-0.39, 0.29) is 17.8 Å². The smallest absolute Gasteiger partial charge is 0.338 e. The number of nitrogens with one attached hydrogen (secondary N) is 2. The molecule has 1 saturated heterocycles. The van der Waals surface area contributed by atoms with Gasteiger partial charge in [0.1, 0.15) is 5.82 Å². The second-order valence-corrected chi connectivity index (χ2v) is 12.7. The number of urea groups is 1. The monoisotopic (exact) mass is 578 g/mol. The minimum Gasteiger partial charge on any atom is -0.338 e. The molecule has 0 atom stereocenters. The summed E-state index contributed by atoms with van der Waals surface area (Å²) < 4.78 is 1.49. The van der Waals surface area contributed by atoms with Gasteiger partial charge in [-0.15, -0.1) is 0 Å². The van der Waals surface area contributed by atoms with Crippen molar-refractivity contribution < 1.29 is 9.59 Å². The average Bonchev–Trinajstić information content (AvgIpc) is 3.81. The number of piperazine rings is 1. The van der Waals surface area contributed by atoms with Crippen molar-refractivity contribution >= 4 is 17.8 Å². The Morgan fingerprint density at radius 3 is 2.19 bits per heavy atom. The molecule has 11 heteroatoms. The normalized spacial score (nSPS) is 21.5. The number of rotatable bonds is 9. The molecular formula is C31H46N8O3. The van der Waals surface area contributed by atoms with Gasteiger partial charge in [-0.1, -0.05) is 12.1 Å². The number of anilines is 1. The van der Waals surface area contributed by atoms with Crippen molar-refractivity contribution in [3.63, 3.8) is 0 Å². The van der Waals surface area contributed by atoms with Gasteiger partial charge in [0.05, 0.1) is 11.2 Å². The zero-order valence-corrected chi connectivity index (χ0v) is 25.2. The number of hydrogen-bond acceptors (Lipinski definition) is 7. The number of carbonyl (C=O) groups is 2. The maximum atomic E-state index is 12.9. The van der Waals surface area contributed by atoms with Gasteiger partial charge in [0.15, 0.2) is 0 Å². The molecular weight excluding hydrogens is 532 g/mol. The van der Waals surface area contributed by atoms with E-state index >= 15 is 0 Å². The molecule has 2 aromatic rings. The summed E-state index contributed by atoms with van der Waals surface area (Å²) >= 11 is 0. The predicted octanol–water partition coefficient (Wildman–Crippen LogP) is 2.39. The van der Waals surface area contributed by atoms with Gasteiger partial charge >= 0.3 is 11.7 Å². The SMILES string of the molecule is CNC1CCC(N(Cc2ccc(-n3ccc(NC(=O)N4CCN(C(=O)C(C)(C)N)CC4)nc3=O)cc2)CC2CC2)CC1. The van der Waals surface area contributed by atoms with Gasteiger partial charge in [0.2, 0.25) is 5.91 Å². The number of nitrogens with zero attached hydrogens (tertiary/aromatic N) is 5. The third-order valence-corrected chi connectivity index (χ3v) is 8.86. The van der Waals surface area contributed by atoms with E-state index < -0.39 is 11.2 Å². The molecule has 1 aliphatic heterocycles. The maximum Gasteiger partial charge on any atom is 0.354 e. The molecule has 0 unspecified atom stereocenters. The molecule has 5 rings (SSSR count). The van der Waals surface area contributed by atoms with Crippen molar-refractivity contribution in [3.8, 4) is 5.69 Å². The van der Waals surface area contributed by atoms with E-state index in [1.54, 1.807) is 35.9 Å². The Labute approximate surface area is 248 Å². The lowest BCUT2D eigenvalue weighted by molar-refractivity contribution is -0.137. The molecule has 0 spiro atoms.